The second kappa shape index (κ2) is 12.7. The number of rotatable bonds is 4. The highest BCUT2D eigenvalue weighted by Gasteiger charge is 2.61. The van der Waals surface area contributed by atoms with Gasteiger partial charge in [0.15, 0.2) is 0 Å². The van der Waals surface area contributed by atoms with Gasteiger partial charge in [-0.25, -0.2) is 17.9 Å². The van der Waals surface area contributed by atoms with Crippen LogP contribution in [0.15, 0.2) is 23.1 Å². The van der Waals surface area contributed by atoms with E-state index in [1.165, 1.54) is 4.90 Å². The van der Waals surface area contributed by atoms with E-state index >= 15 is 0 Å². The number of halogens is 2. The minimum Gasteiger partial charge on any atom is -0.444 e. The second-order valence-corrected chi connectivity index (χ2v) is 15.8. The molecule has 2 aliphatic heterocycles. The lowest BCUT2D eigenvalue weighted by molar-refractivity contribution is -0.141. The summed E-state index contributed by atoms with van der Waals surface area (Å²) in [5.74, 6) is -2.29. The Morgan fingerprint density at radius 2 is 1.88 bits per heavy atom. The first-order chi connectivity index (χ1) is 19.6. The van der Waals surface area contributed by atoms with Crippen LogP contribution in [0.1, 0.15) is 72.1 Å². The van der Waals surface area contributed by atoms with Crippen LogP contribution in [-0.4, -0.2) is 66.9 Å². The number of nitrogens with zero attached hydrogens (tertiary/aromatic N) is 1. The number of nitrogens with one attached hydrogen (secondary N) is 3. The minimum atomic E-state index is -4.37. The Balaban J connectivity index is 1.57. The van der Waals surface area contributed by atoms with Crippen molar-refractivity contribution >= 4 is 68.4 Å². The van der Waals surface area contributed by atoms with Gasteiger partial charge in [-0.05, 0) is 65.4 Å². The molecule has 15 heteroatoms. The Kier molecular flexibility index (Phi) is 9.86. The number of amides is 4. The SMILES string of the molecule is CC(C)(C)OC(=O)N[C@H]1CCCCC/C=C\[C@@H]2C[C@@]2(C(=O)NS(=O)(=O)c2cc(Cl)sc2Cl)NC(=O)[C@@H]2CCCN2C1=O. The van der Waals surface area contributed by atoms with Crippen LogP contribution >= 0.6 is 34.5 Å². The number of thiophene rings is 1. The molecule has 4 amide bonds. The number of alkyl carbamates (subject to hydrolysis) is 1. The van der Waals surface area contributed by atoms with Gasteiger partial charge in [0.25, 0.3) is 15.9 Å². The van der Waals surface area contributed by atoms with Crippen LogP contribution in [0.3, 0.4) is 0 Å². The maximum atomic E-state index is 13.7. The van der Waals surface area contributed by atoms with Gasteiger partial charge in [-0.3, -0.25) is 14.4 Å². The van der Waals surface area contributed by atoms with Crippen LogP contribution in [0.5, 0.6) is 0 Å². The maximum Gasteiger partial charge on any atom is 0.408 e. The van der Waals surface area contributed by atoms with Crippen molar-refractivity contribution in [2.45, 2.75) is 100 Å². The molecule has 3 N–H and O–H groups in total. The number of hydrogen-bond donors (Lipinski definition) is 3. The lowest BCUT2D eigenvalue weighted by atomic mass is 10.0. The van der Waals surface area contributed by atoms with Crippen molar-refractivity contribution in [3.05, 3.63) is 26.9 Å². The van der Waals surface area contributed by atoms with E-state index in [1.54, 1.807) is 20.8 Å². The standard InChI is InChI=1S/C27H36Cl2N4O7S2/c1-26(2,3)40-25(37)30-17-11-8-6-4-5-7-10-16-15-27(16,31-22(34)18-12-9-13-33(18)23(17)35)24(36)32-42(38,39)19-14-20(28)41-21(19)29/h7,10,14,16-18H,4-6,8-9,11-13,15H2,1-3H3,(H,30,37)(H,31,34)(H,32,36)/b10-7-/t16-,17+,18+,27-/m1/s1. The molecule has 1 aromatic rings. The van der Waals surface area contributed by atoms with Gasteiger partial charge >= 0.3 is 6.09 Å². The van der Waals surface area contributed by atoms with Crippen LogP contribution in [0.25, 0.3) is 0 Å². The third kappa shape index (κ3) is 7.59. The predicted molar refractivity (Wildman–Crippen MR) is 159 cm³/mol. The zero-order chi connectivity index (χ0) is 30.9. The Morgan fingerprint density at radius 3 is 2.55 bits per heavy atom. The summed E-state index contributed by atoms with van der Waals surface area (Å²) in [4.78, 5) is 54.5. The van der Waals surface area contributed by atoms with Gasteiger partial charge in [0.1, 0.15) is 32.5 Å². The highest BCUT2D eigenvalue weighted by Crippen LogP contribution is 2.46. The lowest BCUT2D eigenvalue weighted by Crippen LogP contribution is -2.58. The van der Waals surface area contributed by atoms with Gasteiger partial charge in [-0.2, -0.15) is 0 Å². The van der Waals surface area contributed by atoms with Crippen molar-refractivity contribution in [1.29, 1.82) is 0 Å². The summed E-state index contributed by atoms with van der Waals surface area (Å²) in [6, 6.07) is -0.611. The van der Waals surface area contributed by atoms with Crippen LogP contribution < -0.4 is 15.4 Å². The molecule has 1 saturated carbocycles. The molecule has 0 radical (unpaired) electrons. The molecule has 0 bridgehead atoms. The molecular weight excluding hydrogens is 627 g/mol. The second-order valence-electron chi connectivity index (χ2n) is 11.8. The first kappa shape index (κ1) is 32.6. The summed E-state index contributed by atoms with van der Waals surface area (Å²) in [5.41, 5.74) is -2.27. The van der Waals surface area contributed by atoms with Crippen molar-refractivity contribution in [3.63, 3.8) is 0 Å². The Morgan fingerprint density at radius 1 is 1.14 bits per heavy atom. The summed E-state index contributed by atoms with van der Waals surface area (Å²) in [5, 5.41) is 5.47. The number of ether oxygens (including phenoxy) is 1. The molecule has 3 aliphatic rings. The fourth-order valence-corrected chi connectivity index (χ4v) is 8.51. The van der Waals surface area contributed by atoms with Gasteiger partial charge in [-0.1, -0.05) is 48.2 Å². The fourth-order valence-electron chi connectivity index (χ4n) is 5.32. The smallest absolute Gasteiger partial charge is 0.408 e. The number of hydrogen-bond acceptors (Lipinski definition) is 8. The molecule has 2 fully saturated rings. The van der Waals surface area contributed by atoms with Gasteiger partial charge in [0, 0.05) is 12.5 Å². The van der Waals surface area contributed by atoms with Crippen LogP contribution in [0.2, 0.25) is 8.67 Å². The lowest BCUT2D eigenvalue weighted by Gasteiger charge is -2.30. The molecule has 1 aromatic heterocycles. The molecule has 232 valence electrons. The largest absolute Gasteiger partial charge is 0.444 e. The molecule has 4 atom stereocenters. The van der Waals surface area contributed by atoms with Crippen molar-refractivity contribution in [3.8, 4) is 0 Å². The summed E-state index contributed by atoms with van der Waals surface area (Å²) in [6.07, 6.45) is 7.48. The van der Waals surface area contributed by atoms with E-state index in [0.717, 1.165) is 30.2 Å². The topological polar surface area (TPSA) is 151 Å². The van der Waals surface area contributed by atoms with E-state index in [9.17, 15) is 27.6 Å². The first-order valence-corrected chi connectivity index (χ1v) is 17.0. The van der Waals surface area contributed by atoms with Crippen LogP contribution in [0, 0.1) is 5.92 Å². The van der Waals surface area contributed by atoms with E-state index in [-0.39, 0.29) is 20.0 Å². The summed E-state index contributed by atoms with van der Waals surface area (Å²) < 4.78 is 33.5. The summed E-state index contributed by atoms with van der Waals surface area (Å²) in [6.45, 7) is 5.49. The van der Waals surface area contributed by atoms with E-state index in [0.29, 0.717) is 38.6 Å². The van der Waals surface area contributed by atoms with Crippen molar-refractivity contribution < 1.29 is 32.3 Å². The molecule has 11 nitrogen and oxygen atoms in total. The van der Waals surface area contributed by atoms with E-state index in [4.69, 9.17) is 27.9 Å². The highest BCUT2D eigenvalue weighted by molar-refractivity contribution is 7.90. The number of sulfonamides is 1. The molecule has 0 aromatic carbocycles. The molecule has 3 heterocycles. The Labute approximate surface area is 259 Å². The van der Waals surface area contributed by atoms with Gasteiger partial charge in [-0.15, -0.1) is 11.3 Å². The number of carbonyl (C=O) groups excluding carboxylic acids is 4. The average molecular weight is 664 g/mol. The van der Waals surface area contributed by atoms with Crippen molar-refractivity contribution in [2.75, 3.05) is 6.54 Å². The van der Waals surface area contributed by atoms with E-state index in [2.05, 4.69) is 15.4 Å². The molecule has 1 saturated heterocycles. The maximum absolute atomic E-state index is 13.7. The molecule has 42 heavy (non-hydrogen) atoms. The van der Waals surface area contributed by atoms with Gasteiger partial charge in [0.2, 0.25) is 11.8 Å². The number of fused-ring (bicyclic) bond motifs is 2. The molecule has 1 aliphatic carbocycles. The molecule has 0 spiro atoms. The minimum absolute atomic E-state index is 0.0918. The predicted octanol–water partition coefficient (Wildman–Crippen LogP) is 4.14. The van der Waals surface area contributed by atoms with E-state index < -0.39 is 63.0 Å². The quantitative estimate of drug-likeness (QED) is 0.410. The zero-order valence-electron chi connectivity index (χ0n) is 23.7. The van der Waals surface area contributed by atoms with Crippen LogP contribution in [-0.2, 0) is 29.1 Å². The van der Waals surface area contributed by atoms with Gasteiger partial charge < -0.3 is 20.3 Å². The Hall–Kier alpha value is -2.35. The molecule has 4 rings (SSSR count). The van der Waals surface area contributed by atoms with Crippen LogP contribution in [0.4, 0.5) is 4.79 Å². The van der Waals surface area contributed by atoms with E-state index in [1.807, 2.05) is 12.2 Å². The Bertz CT molecular complexity index is 1370. The zero-order valence-corrected chi connectivity index (χ0v) is 26.9. The summed E-state index contributed by atoms with van der Waals surface area (Å²) >= 11 is 12.8. The normalized spacial score (nSPS) is 27.9. The monoisotopic (exact) mass is 662 g/mol. The molecule has 0 unspecified atom stereocenters. The first-order valence-electron chi connectivity index (χ1n) is 13.9. The van der Waals surface area contributed by atoms with Gasteiger partial charge in [0.05, 0.1) is 4.34 Å². The third-order valence-electron chi connectivity index (χ3n) is 7.47. The average Bonchev–Trinajstić information content (AvgIpc) is 3.18. The molecular formula is C27H36Cl2N4O7S2. The number of carbonyl (C=O) groups is 4. The van der Waals surface area contributed by atoms with Crippen molar-refractivity contribution in [1.82, 2.24) is 20.3 Å². The fraction of sp³-hybridized carbons (Fsp3) is 0.630. The third-order valence-corrected chi connectivity index (χ3v) is 10.6. The number of allylic oxidation sites excluding steroid dienone is 1. The summed E-state index contributed by atoms with van der Waals surface area (Å²) in [7, 11) is -4.37. The highest BCUT2D eigenvalue weighted by atomic mass is 35.5. The van der Waals surface area contributed by atoms with Crippen molar-refractivity contribution in [2.24, 2.45) is 5.92 Å².